The van der Waals surface area contributed by atoms with Gasteiger partial charge in [0.05, 0.1) is 13.2 Å². The van der Waals surface area contributed by atoms with Crippen molar-refractivity contribution >= 4 is 5.71 Å². The maximum absolute atomic E-state index is 5.21. The van der Waals surface area contributed by atoms with E-state index in [0.29, 0.717) is 12.0 Å². The third-order valence-electron chi connectivity index (χ3n) is 3.35. The van der Waals surface area contributed by atoms with Gasteiger partial charge in [0, 0.05) is 31.4 Å². The maximum Gasteiger partial charge on any atom is 0.0594 e. The van der Waals surface area contributed by atoms with Gasteiger partial charge in [0.25, 0.3) is 0 Å². The second kappa shape index (κ2) is 7.83. The lowest BCUT2D eigenvalue weighted by molar-refractivity contribution is 0.0238. The summed E-state index contributed by atoms with van der Waals surface area (Å²) < 4.78 is 5.21. The summed E-state index contributed by atoms with van der Waals surface area (Å²) in [6.07, 6.45) is 2.53. The Hall–Kier alpha value is -0.410. The predicted molar refractivity (Wildman–Crippen MR) is 73.9 cm³/mol. The first kappa shape index (κ1) is 14.7. The lowest BCUT2D eigenvalue weighted by atomic mass is 10.1. The van der Waals surface area contributed by atoms with Gasteiger partial charge in [0.2, 0.25) is 0 Å². The lowest BCUT2D eigenvalue weighted by Gasteiger charge is -2.29. The molecule has 0 aliphatic carbocycles. The molecule has 0 aromatic carbocycles. The van der Waals surface area contributed by atoms with Crippen LogP contribution >= 0.6 is 0 Å². The van der Waals surface area contributed by atoms with E-state index in [9.17, 15) is 0 Å². The first-order valence-electron chi connectivity index (χ1n) is 6.96. The molecule has 0 radical (unpaired) electrons. The van der Waals surface area contributed by atoms with Crippen LogP contribution in [0.3, 0.4) is 0 Å². The highest BCUT2D eigenvalue weighted by molar-refractivity contribution is 5.87. The predicted octanol–water partition coefficient (Wildman–Crippen LogP) is 2.60. The molecule has 3 nitrogen and oxygen atoms in total. The van der Waals surface area contributed by atoms with E-state index >= 15 is 0 Å². The smallest absolute Gasteiger partial charge is 0.0594 e. The van der Waals surface area contributed by atoms with Crippen molar-refractivity contribution in [1.82, 2.24) is 4.90 Å². The molecule has 0 aromatic rings. The minimum absolute atomic E-state index is 0.689. The largest absolute Gasteiger partial charge is 0.379 e. The van der Waals surface area contributed by atoms with Crippen LogP contribution in [0.25, 0.3) is 0 Å². The summed E-state index contributed by atoms with van der Waals surface area (Å²) in [5.74, 6) is 0.692. The van der Waals surface area contributed by atoms with Crippen LogP contribution < -0.4 is 0 Å². The van der Waals surface area contributed by atoms with Gasteiger partial charge in [-0.15, -0.1) is 0 Å². The number of hydrogen-bond donors (Lipinski definition) is 0. The summed E-state index contributed by atoms with van der Waals surface area (Å²) in [5, 5.41) is 0. The average Bonchev–Trinajstić information content (AvgIpc) is 2.84. The first-order chi connectivity index (χ1) is 8.11. The Kier molecular flexibility index (Phi) is 6.75. The zero-order chi connectivity index (χ0) is 12.7. The molecule has 0 N–H and O–H groups in total. The standard InChI is InChI=1S/C7H15NO.C7H13N/c1-7(2)8-3-5-9-6-4-8;1-6(2)7-4-3-5-8-7/h7H,3-6H2,1-2H3;6H,3-5H2,1-2H3. The molecule has 0 aromatic heterocycles. The maximum atomic E-state index is 5.21. The zero-order valence-electron chi connectivity index (χ0n) is 11.9. The molecule has 0 bridgehead atoms. The molecule has 2 aliphatic heterocycles. The summed E-state index contributed by atoms with van der Waals surface area (Å²) in [7, 11) is 0. The molecule has 100 valence electrons. The fraction of sp³-hybridized carbons (Fsp3) is 0.929. The molecule has 2 aliphatic rings. The fourth-order valence-corrected chi connectivity index (χ4v) is 2.13. The summed E-state index contributed by atoms with van der Waals surface area (Å²) in [5.41, 5.74) is 1.42. The summed E-state index contributed by atoms with van der Waals surface area (Å²) in [6, 6.07) is 0.689. The number of aliphatic imine (C=N–C) groups is 1. The van der Waals surface area contributed by atoms with Gasteiger partial charge >= 0.3 is 0 Å². The van der Waals surface area contributed by atoms with Crippen molar-refractivity contribution in [1.29, 1.82) is 0 Å². The third-order valence-corrected chi connectivity index (χ3v) is 3.35. The highest BCUT2D eigenvalue weighted by Gasteiger charge is 2.12. The monoisotopic (exact) mass is 240 g/mol. The lowest BCUT2D eigenvalue weighted by Crippen LogP contribution is -2.40. The first-order valence-corrected chi connectivity index (χ1v) is 6.96. The van der Waals surface area contributed by atoms with Gasteiger partial charge in [0.15, 0.2) is 0 Å². The van der Waals surface area contributed by atoms with Crippen molar-refractivity contribution in [3.05, 3.63) is 0 Å². The molecular weight excluding hydrogens is 212 g/mol. The number of morpholine rings is 1. The molecule has 0 saturated carbocycles. The number of nitrogens with zero attached hydrogens (tertiary/aromatic N) is 2. The fourth-order valence-electron chi connectivity index (χ4n) is 2.13. The van der Waals surface area contributed by atoms with Crippen LogP contribution in [0.2, 0.25) is 0 Å². The van der Waals surface area contributed by atoms with Crippen LogP contribution in [0.1, 0.15) is 40.5 Å². The third kappa shape index (κ3) is 5.64. The minimum Gasteiger partial charge on any atom is -0.379 e. The highest BCUT2D eigenvalue weighted by Crippen LogP contribution is 2.10. The van der Waals surface area contributed by atoms with Crippen molar-refractivity contribution < 1.29 is 4.74 Å². The van der Waals surface area contributed by atoms with Crippen LogP contribution in [0.5, 0.6) is 0 Å². The van der Waals surface area contributed by atoms with Crippen LogP contribution in [-0.4, -0.2) is 49.5 Å². The van der Waals surface area contributed by atoms with E-state index in [0.717, 1.165) is 32.8 Å². The molecule has 0 spiro atoms. The molecule has 1 fully saturated rings. The van der Waals surface area contributed by atoms with E-state index in [1.54, 1.807) is 0 Å². The van der Waals surface area contributed by atoms with Crippen molar-refractivity contribution in [3.63, 3.8) is 0 Å². The van der Waals surface area contributed by atoms with Gasteiger partial charge in [-0.05, 0) is 32.6 Å². The normalized spacial score (nSPS) is 21.4. The Labute approximate surface area is 106 Å². The van der Waals surface area contributed by atoms with Crippen molar-refractivity contribution in [2.75, 3.05) is 32.8 Å². The topological polar surface area (TPSA) is 24.8 Å². The van der Waals surface area contributed by atoms with Gasteiger partial charge in [-0.1, -0.05) is 13.8 Å². The summed E-state index contributed by atoms with van der Waals surface area (Å²) in [4.78, 5) is 6.79. The molecule has 0 unspecified atom stereocenters. The Balaban J connectivity index is 0.000000171. The van der Waals surface area contributed by atoms with E-state index in [-0.39, 0.29) is 0 Å². The van der Waals surface area contributed by atoms with Crippen molar-refractivity contribution in [2.24, 2.45) is 10.9 Å². The number of ether oxygens (including phenoxy) is 1. The molecule has 1 saturated heterocycles. The van der Waals surface area contributed by atoms with Gasteiger partial charge in [-0.25, -0.2) is 0 Å². The number of rotatable bonds is 2. The van der Waals surface area contributed by atoms with Gasteiger partial charge in [-0.3, -0.25) is 9.89 Å². The second-order valence-electron chi connectivity index (χ2n) is 5.37. The molecule has 0 atom stereocenters. The van der Waals surface area contributed by atoms with E-state index in [4.69, 9.17) is 4.74 Å². The SMILES string of the molecule is CC(C)C1=NCCC1.CC(C)N1CCOCC1. The Bertz CT molecular complexity index is 230. The van der Waals surface area contributed by atoms with E-state index in [2.05, 4.69) is 37.6 Å². The molecule has 0 amide bonds. The molecule has 2 heterocycles. The zero-order valence-corrected chi connectivity index (χ0v) is 11.9. The molecule has 17 heavy (non-hydrogen) atoms. The second-order valence-corrected chi connectivity index (χ2v) is 5.37. The quantitative estimate of drug-likeness (QED) is 0.741. The van der Waals surface area contributed by atoms with Gasteiger partial charge in [0.1, 0.15) is 0 Å². The molecule has 3 heteroatoms. The summed E-state index contributed by atoms with van der Waals surface area (Å²) >= 11 is 0. The summed E-state index contributed by atoms with van der Waals surface area (Å²) in [6.45, 7) is 14.0. The van der Waals surface area contributed by atoms with E-state index < -0.39 is 0 Å². The Morgan fingerprint density at radius 2 is 1.76 bits per heavy atom. The van der Waals surface area contributed by atoms with Gasteiger partial charge in [-0.2, -0.15) is 0 Å². The highest BCUT2D eigenvalue weighted by atomic mass is 16.5. The molecule has 2 rings (SSSR count). The Morgan fingerprint density at radius 1 is 1.12 bits per heavy atom. The minimum atomic E-state index is 0.689. The van der Waals surface area contributed by atoms with Crippen LogP contribution in [0.4, 0.5) is 0 Å². The van der Waals surface area contributed by atoms with Crippen LogP contribution in [0.15, 0.2) is 4.99 Å². The van der Waals surface area contributed by atoms with Crippen molar-refractivity contribution in [2.45, 2.75) is 46.6 Å². The average molecular weight is 240 g/mol. The van der Waals surface area contributed by atoms with Crippen LogP contribution in [-0.2, 0) is 4.74 Å². The van der Waals surface area contributed by atoms with Crippen LogP contribution in [0, 0.1) is 5.92 Å². The Morgan fingerprint density at radius 3 is 2.06 bits per heavy atom. The molecular formula is C14H28N2O. The van der Waals surface area contributed by atoms with Gasteiger partial charge < -0.3 is 4.74 Å². The van der Waals surface area contributed by atoms with Crippen molar-refractivity contribution in [3.8, 4) is 0 Å². The number of hydrogen-bond acceptors (Lipinski definition) is 3. The van der Waals surface area contributed by atoms with E-state index in [1.165, 1.54) is 18.6 Å². The van der Waals surface area contributed by atoms with E-state index in [1.807, 2.05) is 0 Å².